The summed E-state index contributed by atoms with van der Waals surface area (Å²) in [5.41, 5.74) is 5.70. The molecule has 0 unspecified atom stereocenters. The molecule has 3 aromatic rings. The van der Waals surface area contributed by atoms with Gasteiger partial charge in [-0.15, -0.1) is 0 Å². The maximum Gasteiger partial charge on any atom is 0.253 e. The molecule has 2 heterocycles. The van der Waals surface area contributed by atoms with E-state index in [4.69, 9.17) is 9.47 Å². The third kappa shape index (κ3) is 4.89. The minimum atomic E-state index is 0.122. The number of ether oxygens (including phenoxy) is 2. The third-order valence-corrected chi connectivity index (χ3v) is 6.72. The predicted octanol–water partition coefficient (Wildman–Crippen LogP) is 4.77. The van der Waals surface area contributed by atoms with Crippen LogP contribution in [0, 0.1) is 13.8 Å². The molecule has 0 atom stereocenters. The van der Waals surface area contributed by atoms with Gasteiger partial charge < -0.3 is 18.9 Å². The summed E-state index contributed by atoms with van der Waals surface area (Å²) in [5.74, 6) is 0.122. The van der Waals surface area contributed by atoms with Crippen molar-refractivity contribution in [1.29, 1.82) is 0 Å². The summed E-state index contributed by atoms with van der Waals surface area (Å²) in [4.78, 5) is 15.2. The Labute approximate surface area is 190 Å². The van der Waals surface area contributed by atoms with E-state index >= 15 is 0 Å². The lowest BCUT2D eigenvalue weighted by atomic mass is 10.0. The summed E-state index contributed by atoms with van der Waals surface area (Å²) in [7, 11) is 1.72. The predicted molar refractivity (Wildman–Crippen MR) is 128 cm³/mol. The second-order valence-corrected chi connectivity index (χ2v) is 8.68. The van der Waals surface area contributed by atoms with Gasteiger partial charge in [0.1, 0.15) is 0 Å². The molecular formula is C27H34N2O3. The first-order valence-corrected chi connectivity index (χ1v) is 11.6. The number of hydrogen-bond donors (Lipinski definition) is 0. The van der Waals surface area contributed by atoms with Crippen LogP contribution in [0.1, 0.15) is 40.0 Å². The number of carbonyl (C=O) groups is 1. The van der Waals surface area contributed by atoms with Crippen LogP contribution in [0.4, 0.5) is 0 Å². The van der Waals surface area contributed by atoms with E-state index in [2.05, 4.69) is 54.8 Å². The monoisotopic (exact) mass is 434 g/mol. The van der Waals surface area contributed by atoms with Gasteiger partial charge in [0.2, 0.25) is 0 Å². The van der Waals surface area contributed by atoms with Crippen LogP contribution in [0.3, 0.4) is 0 Å². The highest BCUT2D eigenvalue weighted by molar-refractivity contribution is 5.99. The van der Waals surface area contributed by atoms with Crippen molar-refractivity contribution in [2.75, 3.05) is 33.4 Å². The molecule has 1 amide bonds. The first-order valence-electron chi connectivity index (χ1n) is 11.6. The average molecular weight is 435 g/mol. The maximum atomic E-state index is 13.2. The first kappa shape index (κ1) is 22.6. The largest absolute Gasteiger partial charge is 0.383 e. The number of methoxy groups -OCH3 is 1. The molecule has 1 saturated heterocycles. The van der Waals surface area contributed by atoms with Gasteiger partial charge >= 0.3 is 0 Å². The highest BCUT2D eigenvalue weighted by atomic mass is 16.5. The number of hydrogen-bond acceptors (Lipinski definition) is 3. The highest BCUT2D eigenvalue weighted by Crippen LogP contribution is 2.27. The van der Waals surface area contributed by atoms with Crippen molar-refractivity contribution in [3.05, 3.63) is 70.9 Å². The van der Waals surface area contributed by atoms with Gasteiger partial charge in [-0.2, -0.15) is 0 Å². The standard InChI is InChI=1S/C27H34N2O3/c1-20-21(2)29(16-18-31-3)26-10-9-23(19-25(20)26)27(30)28-14-11-24(12-15-28)32-17-13-22-7-5-4-6-8-22/h4-10,19,24H,11-18H2,1-3H3. The maximum absolute atomic E-state index is 13.2. The van der Waals surface area contributed by atoms with Crippen LogP contribution in [0.25, 0.3) is 10.9 Å². The molecule has 1 aromatic heterocycles. The lowest BCUT2D eigenvalue weighted by Gasteiger charge is -2.32. The van der Waals surface area contributed by atoms with Crippen LogP contribution in [-0.4, -0.2) is 54.9 Å². The van der Waals surface area contributed by atoms with Crippen LogP contribution in [0.15, 0.2) is 48.5 Å². The molecule has 1 fully saturated rings. The Morgan fingerprint density at radius 3 is 2.50 bits per heavy atom. The highest BCUT2D eigenvalue weighted by Gasteiger charge is 2.24. The van der Waals surface area contributed by atoms with Crippen molar-refractivity contribution in [3.63, 3.8) is 0 Å². The quantitative estimate of drug-likeness (QED) is 0.513. The molecule has 5 heteroatoms. The second-order valence-electron chi connectivity index (χ2n) is 8.68. The van der Waals surface area contributed by atoms with Crippen LogP contribution >= 0.6 is 0 Å². The SMILES string of the molecule is COCCn1c(C)c(C)c2cc(C(=O)N3CCC(OCCc4ccccc4)CC3)ccc21. The number of likely N-dealkylation sites (tertiary alicyclic amines) is 1. The number of rotatable bonds is 8. The van der Waals surface area contributed by atoms with E-state index in [1.807, 2.05) is 17.0 Å². The zero-order chi connectivity index (χ0) is 22.5. The molecule has 0 aliphatic carbocycles. The Hall–Kier alpha value is -2.63. The van der Waals surface area contributed by atoms with Crippen molar-refractivity contribution in [1.82, 2.24) is 9.47 Å². The van der Waals surface area contributed by atoms with Gasteiger partial charge in [-0.3, -0.25) is 4.79 Å². The van der Waals surface area contributed by atoms with Gasteiger partial charge in [-0.25, -0.2) is 0 Å². The number of benzene rings is 2. The van der Waals surface area contributed by atoms with Crippen molar-refractivity contribution in [2.45, 2.75) is 45.8 Å². The third-order valence-electron chi connectivity index (χ3n) is 6.72. The molecule has 1 aliphatic heterocycles. The minimum Gasteiger partial charge on any atom is -0.383 e. The van der Waals surface area contributed by atoms with Gasteiger partial charge in [-0.05, 0) is 62.4 Å². The lowest BCUT2D eigenvalue weighted by molar-refractivity contribution is 0.0100. The van der Waals surface area contributed by atoms with Crippen molar-refractivity contribution >= 4 is 16.8 Å². The molecule has 32 heavy (non-hydrogen) atoms. The Balaban J connectivity index is 1.35. The number of aryl methyl sites for hydroxylation is 1. The van der Waals surface area contributed by atoms with Gasteiger partial charge in [0, 0.05) is 48.9 Å². The van der Waals surface area contributed by atoms with E-state index in [0.29, 0.717) is 6.61 Å². The van der Waals surface area contributed by atoms with Crippen LogP contribution in [0.5, 0.6) is 0 Å². The average Bonchev–Trinajstić information content (AvgIpc) is 3.07. The molecule has 170 valence electrons. The Bertz CT molecular complexity index is 1050. The van der Waals surface area contributed by atoms with Crippen LogP contribution in [0.2, 0.25) is 0 Å². The normalized spacial score (nSPS) is 14.9. The second kappa shape index (κ2) is 10.3. The van der Waals surface area contributed by atoms with Gasteiger partial charge in [-0.1, -0.05) is 30.3 Å². The molecule has 0 spiro atoms. The zero-order valence-corrected chi connectivity index (χ0v) is 19.5. The topological polar surface area (TPSA) is 43.7 Å². The molecule has 1 aliphatic rings. The molecule has 5 nitrogen and oxygen atoms in total. The Kier molecular flexibility index (Phi) is 7.28. The van der Waals surface area contributed by atoms with Crippen LogP contribution in [-0.2, 0) is 22.4 Å². The zero-order valence-electron chi connectivity index (χ0n) is 19.5. The van der Waals surface area contributed by atoms with E-state index in [0.717, 1.165) is 56.5 Å². The lowest BCUT2D eigenvalue weighted by Crippen LogP contribution is -2.41. The summed E-state index contributed by atoms with van der Waals surface area (Å²) >= 11 is 0. The fraction of sp³-hybridized carbons (Fsp3) is 0.444. The molecule has 0 N–H and O–H groups in total. The van der Waals surface area contributed by atoms with Crippen LogP contribution < -0.4 is 0 Å². The van der Waals surface area contributed by atoms with E-state index < -0.39 is 0 Å². The van der Waals surface area contributed by atoms with E-state index in [-0.39, 0.29) is 12.0 Å². The Morgan fingerprint density at radius 1 is 1.03 bits per heavy atom. The van der Waals surface area contributed by atoms with Crippen molar-refractivity contribution in [2.24, 2.45) is 0 Å². The van der Waals surface area contributed by atoms with Crippen molar-refractivity contribution < 1.29 is 14.3 Å². The fourth-order valence-electron chi connectivity index (χ4n) is 4.65. The molecule has 2 aromatic carbocycles. The van der Waals surface area contributed by atoms with E-state index in [1.165, 1.54) is 22.3 Å². The summed E-state index contributed by atoms with van der Waals surface area (Å²) in [6, 6.07) is 16.5. The summed E-state index contributed by atoms with van der Waals surface area (Å²) in [5, 5.41) is 1.16. The molecular weight excluding hydrogens is 400 g/mol. The van der Waals surface area contributed by atoms with E-state index in [1.54, 1.807) is 7.11 Å². The summed E-state index contributed by atoms with van der Waals surface area (Å²) in [6.45, 7) is 7.99. The van der Waals surface area contributed by atoms with E-state index in [9.17, 15) is 4.79 Å². The number of aromatic nitrogens is 1. The van der Waals surface area contributed by atoms with Gasteiger partial charge in [0.15, 0.2) is 0 Å². The number of piperidine rings is 1. The van der Waals surface area contributed by atoms with Gasteiger partial charge in [0.05, 0.1) is 19.3 Å². The molecule has 0 saturated carbocycles. The number of amides is 1. The van der Waals surface area contributed by atoms with Crippen molar-refractivity contribution in [3.8, 4) is 0 Å². The molecule has 4 rings (SSSR count). The molecule has 0 bridgehead atoms. The smallest absolute Gasteiger partial charge is 0.253 e. The number of nitrogens with zero attached hydrogens (tertiary/aromatic N) is 2. The van der Waals surface area contributed by atoms with Gasteiger partial charge in [0.25, 0.3) is 5.91 Å². The molecule has 0 radical (unpaired) electrons. The summed E-state index contributed by atoms with van der Waals surface area (Å²) in [6.07, 6.45) is 2.97. The fourth-order valence-corrected chi connectivity index (χ4v) is 4.65. The first-order chi connectivity index (χ1) is 15.6. The minimum absolute atomic E-state index is 0.122. The Morgan fingerprint density at radius 2 is 1.78 bits per heavy atom. The number of carbonyl (C=O) groups excluding carboxylic acids is 1. The summed E-state index contributed by atoms with van der Waals surface area (Å²) < 4.78 is 13.6. The number of fused-ring (bicyclic) bond motifs is 1.